The number of hydrogen-bond donors (Lipinski definition) is 1. The maximum Gasteiger partial charge on any atom is 0.261 e. The number of hydrogen-bond acceptors (Lipinski definition) is 3. The number of ether oxygens (including phenoxy) is 1. The standard InChI is InChI=1S/C29H32Cl2N2O3/c1-19(2)32-29(35)27(16-22-8-6-5-7-9-22)33(17-23-11-13-25(30)26(31)15-23)28(34)18-36-24-12-10-20(3)21(4)14-24/h5-15,19,27H,16-18H2,1-4H3,(H,32,35). The van der Waals surface area contributed by atoms with E-state index in [0.717, 1.165) is 22.3 Å². The van der Waals surface area contributed by atoms with Gasteiger partial charge in [0.2, 0.25) is 5.91 Å². The van der Waals surface area contributed by atoms with Crippen LogP contribution in [0.15, 0.2) is 66.7 Å². The first kappa shape index (κ1) is 27.6. The van der Waals surface area contributed by atoms with Crippen LogP contribution < -0.4 is 10.1 Å². The molecule has 0 heterocycles. The Kier molecular flexibility index (Phi) is 9.80. The Balaban J connectivity index is 1.93. The SMILES string of the molecule is Cc1ccc(OCC(=O)N(Cc2ccc(Cl)c(Cl)c2)C(Cc2ccccc2)C(=O)NC(C)C)cc1C. The molecule has 0 radical (unpaired) electrons. The number of benzene rings is 3. The minimum Gasteiger partial charge on any atom is -0.484 e. The average molecular weight is 527 g/mol. The molecular weight excluding hydrogens is 495 g/mol. The van der Waals surface area contributed by atoms with Crippen molar-refractivity contribution in [3.63, 3.8) is 0 Å². The largest absolute Gasteiger partial charge is 0.484 e. The fraction of sp³-hybridized carbons (Fsp3) is 0.310. The molecule has 3 aromatic rings. The molecule has 0 aromatic heterocycles. The van der Waals surface area contributed by atoms with Gasteiger partial charge in [0, 0.05) is 19.0 Å². The van der Waals surface area contributed by atoms with Crippen molar-refractivity contribution < 1.29 is 14.3 Å². The van der Waals surface area contributed by atoms with Crippen LogP contribution in [0.3, 0.4) is 0 Å². The molecule has 0 aliphatic rings. The van der Waals surface area contributed by atoms with E-state index in [0.29, 0.717) is 22.2 Å². The lowest BCUT2D eigenvalue weighted by atomic mass is 10.0. The fourth-order valence-electron chi connectivity index (χ4n) is 3.80. The van der Waals surface area contributed by atoms with Gasteiger partial charge in [0.05, 0.1) is 10.0 Å². The lowest BCUT2D eigenvalue weighted by Crippen LogP contribution is -2.52. The Morgan fingerprint density at radius 3 is 2.25 bits per heavy atom. The van der Waals surface area contributed by atoms with E-state index in [1.54, 1.807) is 23.1 Å². The Morgan fingerprint density at radius 2 is 1.61 bits per heavy atom. The summed E-state index contributed by atoms with van der Waals surface area (Å²) in [6.45, 7) is 7.77. The molecule has 0 saturated heterocycles. The molecule has 36 heavy (non-hydrogen) atoms. The van der Waals surface area contributed by atoms with Crippen molar-refractivity contribution in [3.05, 3.63) is 99.0 Å². The van der Waals surface area contributed by atoms with Gasteiger partial charge in [-0.25, -0.2) is 0 Å². The first-order valence-electron chi connectivity index (χ1n) is 11.9. The van der Waals surface area contributed by atoms with Gasteiger partial charge in [-0.1, -0.05) is 65.7 Å². The van der Waals surface area contributed by atoms with Gasteiger partial charge >= 0.3 is 0 Å². The van der Waals surface area contributed by atoms with E-state index >= 15 is 0 Å². The fourth-order valence-corrected chi connectivity index (χ4v) is 4.12. The number of rotatable bonds is 10. The van der Waals surface area contributed by atoms with Gasteiger partial charge in [-0.3, -0.25) is 9.59 Å². The summed E-state index contributed by atoms with van der Waals surface area (Å²) >= 11 is 12.3. The van der Waals surface area contributed by atoms with Crippen molar-refractivity contribution in [2.24, 2.45) is 0 Å². The van der Waals surface area contributed by atoms with Gasteiger partial charge in [0.1, 0.15) is 11.8 Å². The zero-order valence-corrected chi connectivity index (χ0v) is 22.6. The van der Waals surface area contributed by atoms with Crippen molar-refractivity contribution >= 4 is 35.0 Å². The van der Waals surface area contributed by atoms with Crippen molar-refractivity contribution in [2.75, 3.05) is 6.61 Å². The second-order valence-electron chi connectivity index (χ2n) is 9.17. The highest BCUT2D eigenvalue weighted by Crippen LogP contribution is 2.24. The molecule has 1 N–H and O–H groups in total. The molecule has 190 valence electrons. The summed E-state index contributed by atoms with van der Waals surface area (Å²) in [4.78, 5) is 28.5. The van der Waals surface area contributed by atoms with E-state index < -0.39 is 6.04 Å². The van der Waals surface area contributed by atoms with Crippen LogP contribution in [0.25, 0.3) is 0 Å². The van der Waals surface area contributed by atoms with Crippen LogP contribution in [0.1, 0.15) is 36.1 Å². The third-order valence-electron chi connectivity index (χ3n) is 5.88. The summed E-state index contributed by atoms with van der Waals surface area (Å²) < 4.78 is 5.86. The summed E-state index contributed by atoms with van der Waals surface area (Å²) in [5.74, 6) is 0.0692. The zero-order valence-electron chi connectivity index (χ0n) is 21.1. The molecule has 3 rings (SSSR count). The average Bonchev–Trinajstić information content (AvgIpc) is 2.84. The Hall–Kier alpha value is -3.02. The van der Waals surface area contributed by atoms with Gasteiger partial charge in [-0.15, -0.1) is 0 Å². The van der Waals surface area contributed by atoms with E-state index in [9.17, 15) is 9.59 Å². The van der Waals surface area contributed by atoms with Crippen molar-refractivity contribution in [2.45, 2.75) is 52.7 Å². The second kappa shape index (κ2) is 12.8. The number of aryl methyl sites for hydroxylation is 2. The summed E-state index contributed by atoms with van der Waals surface area (Å²) in [5, 5.41) is 3.79. The highest BCUT2D eigenvalue weighted by atomic mass is 35.5. The van der Waals surface area contributed by atoms with Crippen molar-refractivity contribution in [3.8, 4) is 5.75 Å². The highest BCUT2D eigenvalue weighted by Gasteiger charge is 2.31. The normalized spacial score (nSPS) is 11.8. The van der Waals surface area contributed by atoms with Gasteiger partial charge in [-0.2, -0.15) is 0 Å². The molecule has 0 aliphatic heterocycles. The number of carbonyl (C=O) groups is 2. The van der Waals surface area contributed by atoms with Crippen LogP contribution in [-0.4, -0.2) is 35.4 Å². The van der Waals surface area contributed by atoms with Crippen LogP contribution in [0.4, 0.5) is 0 Å². The highest BCUT2D eigenvalue weighted by molar-refractivity contribution is 6.42. The molecular formula is C29H32Cl2N2O3. The van der Waals surface area contributed by atoms with Gasteiger partial charge in [0.25, 0.3) is 5.91 Å². The predicted octanol–water partition coefficient (Wildman–Crippen LogP) is 6.15. The molecule has 0 saturated carbocycles. The number of halogens is 2. The maximum atomic E-state index is 13.6. The molecule has 0 aliphatic carbocycles. The number of nitrogens with one attached hydrogen (secondary N) is 1. The van der Waals surface area contributed by atoms with Crippen molar-refractivity contribution in [1.82, 2.24) is 10.2 Å². The summed E-state index contributed by atoms with van der Waals surface area (Å²) in [6.07, 6.45) is 0.357. The van der Waals surface area contributed by atoms with E-state index in [2.05, 4.69) is 5.32 Å². The number of carbonyl (C=O) groups excluding carboxylic acids is 2. The predicted molar refractivity (Wildman–Crippen MR) is 146 cm³/mol. The molecule has 0 spiro atoms. The second-order valence-corrected chi connectivity index (χ2v) is 9.99. The van der Waals surface area contributed by atoms with Crippen LogP contribution in [0.2, 0.25) is 10.0 Å². The summed E-state index contributed by atoms with van der Waals surface area (Å²) in [5.41, 5.74) is 3.93. The third-order valence-corrected chi connectivity index (χ3v) is 6.62. The Labute approximate surface area is 223 Å². The Morgan fingerprint density at radius 1 is 0.889 bits per heavy atom. The Bertz CT molecular complexity index is 1200. The number of amides is 2. The third kappa shape index (κ3) is 7.74. The molecule has 0 bridgehead atoms. The summed E-state index contributed by atoms with van der Waals surface area (Å²) in [7, 11) is 0. The van der Waals surface area contributed by atoms with Gasteiger partial charge in [-0.05, 0) is 74.2 Å². The monoisotopic (exact) mass is 526 g/mol. The van der Waals surface area contributed by atoms with E-state index in [4.69, 9.17) is 27.9 Å². The van der Waals surface area contributed by atoms with Crippen LogP contribution in [0.5, 0.6) is 5.75 Å². The minimum absolute atomic E-state index is 0.0792. The molecule has 3 aromatic carbocycles. The maximum absolute atomic E-state index is 13.6. The minimum atomic E-state index is -0.750. The molecule has 2 amide bonds. The number of nitrogens with zero attached hydrogens (tertiary/aromatic N) is 1. The lowest BCUT2D eigenvalue weighted by molar-refractivity contribution is -0.143. The topological polar surface area (TPSA) is 58.6 Å². The van der Waals surface area contributed by atoms with Crippen LogP contribution in [0, 0.1) is 13.8 Å². The van der Waals surface area contributed by atoms with E-state index in [-0.39, 0.29) is 31.0 Å². The van der Waals surface area contributed by atoms with E-state index in [1.165, 1.54) is 0 Å². The first-order chi connectivity index (χ1) is 17.1. The van der Waals surface area contributed by atoms with Crippen LogP contribution >= 0.6 is 23.2 Å². The molecule has 5 nitrogen and oxygen atoms in total. The van der Waals surface area contributed by atoms with Gasteiger partial charge < -0.3 is 15.0 Å². The van der Waals surface area contributed by atoms with Crippen molar-refractivity contribution in [1.29, 1.82) is 0 Å². The molecule has 0 fully saturated rings. The summed E-state index contributed by atoms with van der Waals surface area (Å²) in [6, 6.07) is 19.7. The van der Waals surface area contributed by atoms with Crippen LogP contribution in [-0.2, 0) is 22.6 Å². The lowest BCUT2D eigenvalue weighted by Gasteiger charge is -2.32. The van der Waals surface area contributed by atoms with Gasteiger partial charge in [0.15, 0.2) is 6.61 Å². The molecule has 1 atom stereocenters. The zero-order chi connectivity index (χ0) is 26.2. The first-order valence-corrected chi connectivity index (χ1v) is 12.7. The van der Waals surface area contributed by atoms with E-state index in [1.807, 2.05) is 76.2 Å². The smallest absolute Gasteiger partial charge is 0.261 e. The molecule has 1 unspecified atom stereocenters. The quantitative estimate of drug-likeness (QED) is 0.344. The molecule has 7 heteroatoms.